The minimum Gasteiger partial charge on any atom is -0.371 e. The summed E-state index contributed by atoms with van der Waals surface area (Å²) in [7, 11) is 0. The van der Waals surface area contributed by atoms with E-state index in [-0.39, 0.29) is 0 Å². The molecule has 1 aliphatic heterocycles. The van der Waals surface area contributed by atoms with Crippen LogP contribution in [0.15, 0.2) is 36.4 Å². The molecule has 1 heterocycles. The SMILES string of the molecule is Cc1cc(C)c(CNC2CCN(c3[c]cccc3)CC2)c(C)c1. The zero-order valence-corrected chi connectivity index (χ0v) is 14.5. The second-order valence-corrected chi connectivity index (χ2v) is 6.77. The Bertz CT molecular complexity index is 617. The predicted molar refractivity (Wildman–Crippen MR) is 98.0 cm³/mol. The molecule has 0 aliphatic carbocycles. The Morgan fingerprint density at radius 2 is 1.78 bits per heavy atom. The summed E-state index contributed by atoms with van der Waals surface area (Å²) in [5.74, 6) is 0. The van der Waals surface area contributed by atoms with Gasteiger partial charge in [0, 0.05) is 37.4 Å². The molecule has 1 fully saturated rings. The summed E-state index contributed by atoms with van der Waals surface area (Å²) in [5, 5.41) is 3.77. The normalized spacial score (nSPS) is 15.9. The number of hydrogen-bond donors (Lipinski definition) is 1. The molecule has 1 N–H and O–H groups in total. The summed E-state index contributed by atoms with van der Waals surface area (Å²) in [6.07, 6.45) is 2.40. The molecule has 0 bridgehead atoms. The molecule has 0 unspecified atom stereocenters. The van der Waals surface area contributed by atoms with E-state index < -0.39 is 0 Å². The molecule has 0 atom stereocenters. The molecule has 0 saturated carbocycles. The van der Waals surface area contributed by atoms with Crippen LogP contribution in [-0.2, 0) is 6.54 Å². The minimum absolute atomic E-state index is 0.620. The number of nitrogens with one attached hydrogen (secondary N) is 1. The highest BCUT2D eigenvalue weighted by Gasteiger charge is 2.19. The van der Waals surface area contributed by atoms with Crippen LogP contribution in [0, 0.1) is 26.8 Å². The molecule has 121 valence electrons. The van der Waals surface area contributed by atoms with E-state index in [1.807, 2.05) is 12.1 Å². The zero-order chi connectivity index (χ0) is 16.2. The van der Waals surface area contributed by atoms with Gasteiger partial charge in [-0.05, 0) is 56.4 Å². The van der Waals surface area contributed by atoms with Crippen molar-refractivity contribution in [1.29, 1.82) is 0 Å². The van der Waals surface area contributed by atoms with Gasteiger partial charge in [-0.15, -0.1) is 0 Å². The maximum absolute atomic E-state index is 3.77. The van der Waals surface area contributed by atoms with Crippen molar-refractivity contribution in [2.24, 2.45) is 0 Å². The minimum atomic E-state index is 0.620. The molecular formula is C21H27N2. The Morgan fingerprint density at radius 1 is 1.09 bits per heavy atom. The van der Waals surface area contributed by atoms with E-state index in [1.165, 1.54) is 40.8 Å². The zero-order valence-electron chi connectivity index (χ0n) is 14.5. The van der Waals surface area contributed by atoms with Crippen LogP contribution in [0.5, 0.6) is 0 Å². The van der Waals surface area contributed by atoms with Gasteiger partial charge in [-0.2, -0.15) is 0 Å². The standard InChI is InChI=1S/C21H27N2/c1-16-13-17(2)21(18(3)14-16)15-22-19-9-11-23(12-10-19)20-7-5-4-6-8-20/h4-7,13-14,19,22H,9-12,15H2,1-3H3. The number of hydrogen-bond acceptors (Lipinski definition) is 2. The lowest BCUT2D eigenvalue weighted by Crippen LogP contribution is -2.42. The first-order valence-corrected chi connectivity index (χ1v) is 8.65. The van der Waals surface area contributed by atoms with E-state index in [2.05, 4.69) is 61.3 Å². The van der Waals surface area contributed by atoms with Crippen LogP contribution < -0.4 is 10.2 Å². The molecule has 1 radical (unpaired) electrons. The van der Waals surface area contributed by atoms with Crippen molar-refractivity contribution in [3.05, 3.63) is 64.7 Å². The van der Waals surface area contributed by atoms with E-state index in [0.29, 0.717) is 6.04 Å². The van der Waals surface area contributed by atoms with Gasteiger partial charge in [0.25, 0.3) is 0 Å². The van der Waals surface area contributed by atoms with Gasteiger partial charge in [-0.25, -0.2) is 0 Å². The van der Waals surface area contributed by atoms with Gasteiger partial charge in [0.2, 0.25) is 0 Å². The van der Waals surface area contributed by atoms with Gasteiger partial charge in [0.1, 0.15) is 0 Å². The Labute approximate surface area is 140 Å². The molecular weight excluding hydrogens is 280 g/mol. The lowest BCUT2D eigenvalue weighted by Gasteiger charge is -2.34. The molecule has 1 saturated heterocycles. The van der Waals surface area contributed by atoms with Crippen LogP contribution in [0.3, 0.4) is 0 Å². The maximum atomic E-state index is 3.77. The summed E-state index contributed by atoms with van der Waals surface area (Å²) in [6, 6.07) is 16.8. The van der Waals surface area contributed by atoms with Crippen LogP contribution in [0.1, 0.15) is 35.1 Å². The van der Waals surface area contributed by atoms with Crippen molar-refractivity contribution in [3.8, 4) is 0 Å². The third-order valence-electron chi connectivity index (χ3n) is 4.94. The summed E-state index contributed by atoms with van der Waals surface area (Å²) >= 11 is 0. The lowest BCUT2D eigenvalue weighted by atomic mass is 9.98. The molecule has 0 spiro atoms. The Hall–Kier alpha value is -1.80. The van der Waals surface area contributed by atoms with E-state index in [0.717, 1.165) is 19.6 Å². The predicted octanol–water partition coefficient (Wildman–Crippen LogP) is 4.17. The fourth-order valence-corrected chi connectivity index (χ4v) is 3.64. The first kappa shape index (κ1) is 16.1. The van der Waals surface area contributed by atoms with Gasteiger partial charge < -0.3 is 10.2 Å². The van der Waals surface area contributed by atoms with E-state index >= 15 is 0 Å². The average molecular weight is 307 g/mol. The molecule has 2 nitrogen and oxygen atoms in total. The highest BCUT2D eigenvalue weighted by molar-refractivity contribution is 5.45. The van der Waals surface area contributed by atoms with Crippen LogP contribution in [0.25, 0.3) is 0 Å². The van der Waals surface area contributed by atoms with Crippen molar-refractivity contribution in [2.45, 2.75) is 46.2 Å². The number of anilines is 1. The monoisotopic (exact) mass is 307 g/mol. The number of piperidine rings is 1. The second kappa shape index (κ2) is 7.18. The fraction of sp³-hybridized carbons (Fsp3) is 0.429. The van der Waals surface area contributed by atoms with E-state index in [1.54, 1.807) is 0 Å². The van der Waals surface area contributed by atoms with Crippen molar-refractivity contribution < 1.29 is 0 Å². The third-order valence-corrected chi connectivity index (χ3v) is 4.94. The molecule has 2 aromatic rings. The number of aryl methyl sites for hydroxylation is 3. The van der Waals surface area contributed by atoms with Crippen molar-refractivity contribution in [2.75, 3.05) is 18.0 Å². The molecule has 2 heteroatoms. The van der Waals surface area contributed by atoms with Gasteiger partial charge in [0.15, 0.2) is 0 Å². The number of rotatable bonds is 4. The number of nitrogens with zero attached hydrogens (tertiary/aromatic N) is 1. The average Bonchev–Trinajstić information content (AvgIpc) is 2.55. The summed E-state index contributed by atoms with van der Waals surface area (Å²) in [5.41, 5.74) is 6.87. The Balaban J connectivity index is 1.54. The van der Waals surface area contributed by atoms with Crippen molar-refractivity contribution in [3.63, 3.8) is 0 Å². The number of para-hydroxylation sites is 1. The maximum Gasteiger partial charge on any atom is 0.0446 e. The summed E-state index contributed by atoms with van der Waals surface area (Å²) < 4.78 is 0. The molecule has 2 aromatic carbocycles. The van der Waals surface area contributed by atoms with Gasteiger partial charge in [-0.1, -0.05) is 35.9 Å². The van der Waals surface area contributed by atoms with E-state index in [4.69, 9.17) is 0 Å². The summed E-state index contributed by atoms with van der Waals surface area (Å²) in [4.78, 5) is 2.44. The molecule has 3 rings (SSSR count). The quantitative estimate of drug-likeness (QED) is 0.912. The van der Waals surface area contributed by atoms with Gasteiger partial charge in [0.05, 0.1) is 0 Å². The van der Waals surface area contributed by atoms with Crippen LogP contribution in [0.2, 0.25) is 0 Å². The van der Waals surface area contributed by atoms with Crippen LogP contribution in [0.4, 0.5) is 5.69 Å². The summed E-state index contributed by atoms with van der Waals surface area (Å²) in [6.45, 7) is 9.84. The Morgan fingerprint density at radius 3 is 2.39 bits per heavy atom. The Kier molecular flexibility index (Phi) is 5.02. The van der Waals surface area contributed by atoms with Crippen LogP contribution >= 0.6 is 0 Å². The van der Waals surface area contributed by atoms with Crippen molar-refractivity contribution in [1.82, 2.24) is 5.32 Å². The molecule has 0 amide bonds. The fourth-order valence-electron chi connectivity index (χ4n) is 3.64. The van der Waals surface area contributed by atoms with E-state index in [9.17, 15) is 0 Å². The highest BCUT2D eigenvalue weighted by atomic mass is 15.1. The first-order chi connectivity index (χ1) is 11.1. The molecule has 23 heavy (non-hydrogen) atoms. The third kappa shape index (κ3) is 3.94. The molecule has 1 aliphatic rings. The number of benzene rings is 2. The van der Waals surface area contributed by atoms with Gasteiger partial charge in [-0.3, -0.25) is 0 Å². The topological polar surface area (TPSA) is 15.3 Å². The highest BCUT2D eigenvalue weighted by Crippen LogP contribution is 2.20. The van der Waals surface area contributed by atoms with Crippen LogP contribution in [-0.4, -0.2) is 19.1 Å². The smallest absolute Gasteiger partial charge is 0.0446 e. The van der Waals surface area contributed by atoms with Crippen molar-refractivity contribution >= 4 is 5.69 Å². The van der Waals surface area contributed by atoms with Gasteiger partial charge >= 0.3 is 0 Å². The first-order valence-electron chi connectivity index (χ1n) is 8.65. The second-order valence-electron chi connectivity index (χ2n) is 6.77. The lowest BCUT2D eigenvalue weighted by molar-refractivity contribution is 0.413. The largest absolute Gasteiger partial charge is 0.371 e. The molecule has 0 aromatic heterocycles.